The van der Waals surface area contributed by atoms with Gasteiger partial charge in [-0.1, -0.05) is 0 Å². The van der Waals surface area contributed by atoms with E-state index in [4.69, 9.17) is 5.73 Å². The molecule has 82 valence electrons. The number of nitrogens with two attached hydrogens (primary N) is 1. The Labute approximate surface area is 87.8 Å². The van der Waals surface area contributed by atoms with Gasteiger partial charge < -0.3 is 5.73 Å². The van der Waals surface area contributed by atoms with E-state index in [0.29, 0.717) is 5.54 Å². The average molecular weight is 196 g/mol. The lowest BCUT2D eigenvalue weighted by atomic mass is 9.82. The van der Waals surface area contributed by atoms with Crippen molar-refractivity contribution in [1.29, 1.82) is 0 Å². The molecule has 2 N–H and O–H groups in total. The first-order chi connectivity index (χ1) is 6.42. The molecule has 2 heteroatoms. The van der Waals surface area contributed by atoms with Crippen LogP contribution in [0.2, 0.25) is 0 Å². The zero-order valence-corrected chi connectivity index (χ0v) is 9.84. The third-order valence-corrected chi connectivity index (χ3v) is 4.03. The zero-order chi connectivity index (χ0) is 10.4. The van der Waals surface area contributed by atoms with Crippen LogP contribution in [0.3, 0.4) is 0 Å². The van der Waals surface area contributed by atoms with Crippen LogP contribution in [0.25, 0.3) is 0 Å². The van der Waals surface area contributed by atoms with Crippen LogP contribution in [-0.4, -0.2) is 29.1 Å². The van der Waals surface area contributed by atoms with Crippen LogP contribution in [-0.2, 0) is 0 Å². The van der Waals surface area contributed by atoms with E-state index in [1.165, 1.54) is 38.8 Å². The van der Waals surface area contributed by atoms with Crippen molar-refractivity contribution in [3.63, 3.8) is 0 Å². The predicted molar refractivity (Wildman–Crippen MR) is 60.2 cm³/mol. The highest BCUT2D eigenvalue weighted by atomic mass is 15.2. The number of likely N-dealkylation sites (tertiary alicyclic amines) is 1. The van der Waals surface area contributed by atoms with Gasteiger partial charge in [-0.25, -0.2) is 0 Å². The second-order valence-corrected chi connectivity index (χ2v) is 6.17. The van der Waals surface area contributed by atoms with Crippen LogP contribution in [0.5, 0.6) is 0 Å². The van der Waals surface area contributed by atoms with Crippen molar-refractivity contribution in [3.8, 4) is 0 Å². The Kier molecular flexibility index (Phi) is 2.39. The molecule has 0 aromatic rings. The van der Waals surface area contributed by atoms with Gasteiger partial charge in [-0.15, -0.1) is 0 Å². The van der Waals surface area contributed by atoms with E-state index < -0.39 is 0 Å². The smallest absolute Gasteiger partial charge is 0.0207 e. The lowest BCUT2D eigenvalue weighted by Crippen LogP contribution is -2.56. The van der Waals surface area contributed by atoms with Crippen molar-refractivity contribution < 1.29 is 0 Å². The van der Waals surface area contributed by atoms with E-state index in [0.717, 1.165) is 5.92 Å². The van der Waals surface area contributed by atoms with E-state index in [2.05, 4.69) is 25.7 Å². The highest BCUT2D eigenvalue weighted by Gasteiger charge is 2.44. The van der Waals surface area contributed by atoms with E-state index in [-0.39, 0.29) is 5.54 Å². The van der Waals surface area contributed by atoms with Crippen LogP contribution >= 0.6 is 0 Å². The monoisotopic (exact) mass is 196 g/mol. The molecule has 1 aliphatic carbocycles. The summed E-state index contributed by atoms with van der Waals surface area (Å²) in [5.74, 6) is 0.851. The fourth-order valence-corrected chi connectivity index (χ4v) is 2.66. The summed E-state index contributed by atoms with van der Waals surface area (Å²) >= 11 is 0. The molecule has 2 aliphatic rings. The van der Waals surface area contributed by atoms with E-state index in [1.54, 1.807) is 0 Å². The quantitative estimate of drug-likeness (QED) is 0.695. The standard InChI is InChI=1S/C12H24N2/c1-11(2,3)14-8-6-12(13,7-9-14)10-4-5-10/h10H,4-9,13H2,1-3H3. The molecule has 0 aromatic heterocycles. The highest BCUT2D eigenvalue weighted by Crippen LogP contribution is 2.44. The van der Waals surface area contributed by atoms with Crippen LogP contribution < -0.4 is 5.73 Å². The molecule has 14 heavy (non-hydrogen) atoms. The van der Waals surface area contributed by atoms with Gasteiger partial charge in [0, 0.05) is 24.2 Å². The number of rotatable bonds is 1. The van der Waals surface area contributed by atoms with Gasteiger partial charge in [0.1, 0.15) is 0 Å². The average Bonchev–Trinajstić information content (AvgIpc) is 2.85. The third-order valence-electron chi connectivity index (χ3n) is 4.03. The minimum absolute atomic E-state index is 0.196. The topological polar surface area (TPSA) is 29.3 Å². The van der Waals surface area contributed by atoms with E-state index in [1.807, 2.05) is 0 Å². The molecule has 2 nitrogen and oxygen atoms in total. The van der Waals surface area contributed by atoms with Crippen LogP contribution in [0.4, 0.5) is 0 Å². The highest BCUT2D eigenvalue weighted by molar-refractivity contribution is 5.02. The van der Waals surface area contributed by atoms with Gasteiger partial charge in [-0.2, -0.15) is 0 Å². The summed E-state index contributed by atoms with van der Waals surface area (Å²) in [5, 5.41) is 0. The summed E-state index contributed by atoms with van der Waals surface area (Å²) in [5.41, 5.74) is 6.96. The maximum atomic E-state index is 6.44. The summed E-state index contributed by atoms with van der Waals surface area (Å²) < 4.78 is 0. The second kappa shape index (κ2) is 3.21. The second-order valence-electron chi connectivity index (χ2n) is 6.17. The molecular formula is C12H24N2. The Morgan fingerprint density at radius 3 is 2.00 bits per heavy atom. The Hall–Kier alpha value is -0.0800. The van der Waals surface area contributed by atoms with Gasteiger partial charge in [-0.3, -0.25) is 4.90 Å². The molecule has 1 aliphatic heterocycles. The predicted octanol–water partition coefficient (Wildman–Crippen LogP) is 1.99. The first kappa shape index (κ1) is 10.4. The summed E-state index contributed by atoms with van der Waals surface area (Å²) in [4.78, 5) is 2.57. The van der Waals surface area contributed by atoms with Crippen molar-refractivity contribution in [2.24, 2.45) is 11.7 Å². The van der Waals surface area contributed by atoms with Crippen molar-refractivity contribution in [2.75, 3.05) is 13.1 Å². The molecule has 0 aromatic carbocycles. The maximum absolute atomic E-state index is 6.44. The summed E-state index contributed by atoms with van der Waals surface area (Å²) in [6, 6.07) is 0. The Balaban J connectivity index is 1.91. The molecular weight excluding hydrogens is 172 g/mol. The van der Waals surface area contributed by atoms with E-state index >= 15 is 0 Å². The van der Waals surface area contributed by atoms with Gasteiger partial charge in [0.15, 0.2) is 0 Å². The number of hydrogen-bond donors (Lipinski definition) is 1. The Morgan fingerprint density at radius 2 is 1.64 bits per heavy atom. The van der Waals surface area contributed by atoms with Gasteiger partial charge in [0.05, 0.1) is 0 Å². The number of hydrogen-bond acceptors (Lipinski definition) is 2. The molecule has 0 atom stereocenters. The van der Waals surface area contributed by atoms with Crippen molar-refractivity contribution in [1.82, 2.24) is 4.90 Å². The number of piperidine rings is 1. The minimum Gasteiger partial charge on any atom is -0.325 e. The van der Waals surface area contributed by atoms with E-state index in [9.17, 15) is 0 Å². The molecule has 2 rings (SSSR count). The summed E-state index contributed by atoms with van der Waals surface area (Å²) in [6.07, 6.45) is 5.17. The maximum Gasteiger partial charge on any atom is 0.0207 e. The van der Waals surface area contributed by atoms with Crippen molar-refractivity contribution >= 4 is 0 Å². The molecule has 2 fully saturated rings. The van der Waals surface area contributed by atoms with Gasteiger partial charge in [0.2, 0.25) is 0 Å². The Morgan fingerprint density at radius 1 is 1.14 bits per heavy atom. The fourth-order valence-electron chi connectivity index (χ4n) is 2.66. The normalized spacial score (nSPS) is 29.1. The summed E-state index contributed by atoms with van der Waals surface area (Å²) in [7, 11) is 0. The molecule has 1 heterocycles. The van der Waals surface area contributed by atoms with Crippen LogP contribution in [0.15, 0.2) is 0 Å². The molecule has 0 unspecified atom stereocenters. The van der Waals surface area contributed by atoms with Crippen molar-refractivity contribution in [3.05, 3.63) is 0 Å². The molecule has 0 spiro atoms. The fraction of sp³-hybridized carbons (Fsp3) is 1.00. The Bertz CT molecular complexity index is 205. The molecule has 0 radical (unpaired) electrons. The first-order valence-corrected chi connectivity index (χ1v) is 5.96. The lowest BCUT2D eigenvalue weighted by molar-refractivity contribution is 0.0695. The van der Waals surface area contributed by atoms with Gasteiger partial charge >= 0.3 is 0 Å². The third kappa shape index (κ3) is 1.96. The molecule has 0 amide bonds. The zero-order valence-electron chi connectivity index (χ0n) is 9.84. The largest absolute Gasteiger partial charge is 0.325 e. The molecule has 1 saturated heterocycles. The first-order valence-electron chi connectivity index (χ1n) is 5.96. The van der Waals surface area contributed by atoms with Gasteiger partial charge in [0.25, 0.3) is 0 Å². The van der Waals surface area contributed by atoms with Gasteiger partial charge in [-0.05, 0) is 52.4 Å². The molecule has 0 bridgehead atoms. The summed E-state index contributed by atoms with van der Waals surface area (Å²) in [6.45, 7) is 9.28. The SMILES string of the molecule is CC(C)(C)N1CCC(N)(C2CC2)CC1. The molecule has 1 saturated carbocycles. The van der Waals surface area contributed by atoms with Crippen molar-refractivity contribution in [2.45, 2.75) is 57.5 Å². The number of nitrogens with zero attached hydrogens (tertiary/aromatic N) is 1. The van der Waals surface area contributed by atoms with Crippen LogP contribution in [0, 0.1) is 5.92 Å². The minimum atomic E-state index is 0.196. The van der Waals surface area contributed by atoms with Crippen LogP contribution in [0.1, 0.15) is 46.5 Å². The lowest BCUT2D eigenvalue weighted by Gasteiger charge is -2.45.